The predicted octanol–water partition coefficient (Wildman–Crippen LogP) is 3.62. The minimum atomic E-state index is -0.785. The van der Waals surface area contributed by atoms with Crippen molar-refractivity contribution >= 4 is 22.8 Å². The third kappa shape index (κ3) is 3.86. The Bertz CT molecular complexity index is 778. The van der Waals surface area contributed by atoms with Crippen molar-refractivity contribution in [3.8, 4) is 0 Å². The van der Waals surface area contributed by atoms with Crippen molar-refractivity contribution in [2.45, 2.75) is 39.7 Å². The van der Waals surface area contributed by atoms with Crippen LogP contribution in [0.5, 0.6) is 0 Å². The second-order valence-electron chi connectivity index (χ2n) is 7.46. The van der Waals surface area contributed by atoms with Crippen LogP contribution >= 0.6 is 0 Å². The van der Waals surface area contributed by atoms with Gasteiger partial charge in [0, 0.05) is 48.7 Å². The molecule has 2 heterocycles. The summed E-state index contributed by atoms with van der Waals surface area (Å²) in [5.74, 6) is -0.177. The second-order valence-corrected chi connectivity index (χ2v) is 7.46. The molecular weight excluding hydrogens is 316 g/mol. The van der Waals surface area contributed by atoms with E-state index in [-0.39, 0.29) is 18.2 Å². The van der Waals surface area contributed by atoms with E-state index in [9.17, 15) is 9.59 Å². The number of benzene rings is 1. The van der Waals surface area contributed by atoms with Gasteiger partial charge in [0.15, 0.2) is 0 Å². The highest BCUT2D eigenvalue weighted by Crippen LogP contribution is 2.26. The van der Waals surface area contributed by atoms with Crippen molar-refractivity contribution in [3.05, 3.63) is 36.0 Å². The van der Waals surface area contributed by atoms with E-state index in [1.54, 1.807) is 0 Å². The van der Waals surface area contributed by atoms with Crippen molar-refractivity contribution < 1.29 is 14.7 Å². The van der Waals surface area contributed by atoms with E-state index in [2.05, 4.69) is 24.5 Å². The summed E-state index contributed by atoms with van der Waals surface area (Å²) in [6, 6.07) is 7.89. The topological polar surface area (TPSA) is 62.5 Å². The first-order chi connectivity index (χ1) is 12.0. The van der Waals surface area contributed by atoms with Crippen LogP contribution in [0.4, 0.5) is 0 Å². The highest BCUT2D eigenvalue weighted by atomic mass is 16.4. The average molecular weight is 342 g/mol. The number of aliphatic carboxylic acids is 1. The maximum atomic E-state index is 13.0. The molecule has 2 aromatic rings. The summed E-state index contributed by atoms with van der Waals surface area (Å²) >= 11 is 0. The summed E-state index contributed by atoms with van der Waals surface area (Å²) in [6.07, 6.45) is 3.93. The zero-order valence-electron chi connectivity index (χ0n) is 14.9. The minimum Gasteiger partial charge on any atom is -0.481 e. The molecule has 134 valence electrons. The molecular formula is C20H26N2O3. The van der Waals surface area contributed by atoms with Gasteiger partial charge in [-0.3, -0.25) is 9.59 Å². The van der Waals surface area contributed by atoms with Crippen LogP contribution in [0.3, 0.4) is 0 Å². The number of hydrogen-bond acceptors (Lipinski definition) is 2. The van der Waals surface area contributed by atoms with Gasteiger partial charge < -0.3 is 14.6 Å². The number of carboxylic acid groups (broad SMARTS) is 1. The average Bonchev–Trinajstić information content (AvgIpc) is 2.96. The van der Waals surface area contributed by atoms with Crippen molar-refractivity contribution in [1.82, 2.24) is 9.47 Å². The summed E-state index contributed by atoms with van der Waals surface area (Å²) in [5, 5.41) is 10.00. The lowest BCUT2D eigenvalue weighted by Gasteiger charge is -2.32. The summed E-state index contributed by atoms with van der Waals surface area (Å²) < 4.78 is 2.19. The fourth-order valence-electron chi connectivity index (χ4n) is 3.80. The Morgan fingerprint density at radius 2 is 2.08 bits per heavy atom. The second kappa shape index (κ2) is 7.30. The van der Waals surface area contributed by atoms with Crippen LogP contribution in [0.15, 0.2) is 30.5 Å². The number of carbonyl (C=O) groups excluding carboxylic acids is 1. The largest absolute Gasteiger partial charge is 0.481 e. The molecule has 3 rings (SSSR count). The van der Waals surface area contributed by atoms with Gasteiger partial charge in [-0.25, -0.2) is 0 Å². The molecule has 0 aliphatic carbocycles. The number of hydrogen-bond donors (Lipinski definition) is 1. The van der Waals surface area contributed by atoms with E-state index >= 15 is 0 Å². The molecule has 0 radical (unpaired) electrons. The molecule has 25 heavy (non-hydrogen) atoms. The van der Waals surface area contributed by atoms with Gasteiger partial charge in [-0.15, -0.1) is 0 Å². The number of amides is 1. The number of piperidine rings is 1. The number of fused-ring (bicyclic) bond motifs is 1. The molecule has 0 spiro atoms. The smallest absolute Gasteiger partial charge is 0.303 e. The summed E-state index contributed by atoms with van der Waals surface area (Å²) in [6.45, 7) is 6.52. The third-order valence-electron chi connectivity index (χ3n) is 4.88. The van der Waals surface area contributed by atoms with Crippen LogP contribution < -0.4 is 0 Å². The monoisotopic (exact) mass is 342 g/mol. The predicted molar refractivity (Wildman–Crippen MR) is 97.7 cm³/mol. The molecule has 1 atom stereocenters. The first-order valence-electron chi connectivity index (χ1n) is 9.04. The van der Waals surface area contributed by atoms with Crippen LogP contribution in [0, 0.1) is 11.8 Å². The van der Waals surface area contributed by atoms with Crippen molar-refractivity contribution in [2.75, 3.05) is 13.1 Å². The number of aromatic nitrogens is 1. The number of carboxylic acids is 1. The molecule has 1 unspecified atom stereocenters. The summed E-state index contributed by atoms with van der Waals surface area (Å²) in [4.78, 5) is 25.8. The fraction of sp³-hybridized carbons (Fsp3) is 0.500. The standard InChI is InChI=1S/C20H26N2O3/c1-14(2)12-21-10-8-16-17(6-3-7-18(16)21)20(25)22-9-4-5-15(13-22)11-19(23)24/h3,6-8,10,14-15H,4-5,9,11-13H2,1-2H3,(H,23,24). The van der Waals surface area contributed by atoms with Gasteiger partial charge in [0.1, 0.15) is 0 Å². The molecule has 1 N–H and O–H groups in total. The Morgan fingerprint density at radius 1 is 1.28 bits per heavy atom. The van der Waals surface area contributed by atoms with Gasteiger partial charge >= 0.3 is 5.97 Å². The lowest BCUT2D eigenvalue weighted by Crippen LogP contribution is -2.40. The van der Waals surface area contributed by atoms with E-state index in [4.69, 9.17) is 5.11 Å². The summed E-state index contributed by atoms with van der Waals surface area (Å²) in [7, 11) is 0. The van der Waals surface area contributed by atoms with Gasteiger partial charge in [-0.2, -0.15) is 0 Å². The highest BCUT2D eigenvalue weighted by Gasteiger charge is 2.27. The van der Waals surface area contributed by atoms with Crippen molar-refractivity contribution in [2.24, 2.45) is 11.8 Å². The zero-order valence-corrected chi connectivity index (χ0v) is 14.9. The van der Waals surface area contributed by atoms with E-state index < -0.39 is 5.97 Å². The molecule has 0 bridgehead atoms. The van der Waals surface area contributed by atoms with Crippen LogP contribution in [-0.2, 0) is 11.3 Å². The molecule has 0 saturated carbocycles. The van der Waals surface area contributed by atoms with Gasteiger partial charge in [0.2, 0.25) is 0 Å². The molecule has 1 fully saturated rings. The molecule has 5 nitrogen and oxygen atoms in total. The van der Waals surface area contributed by atoms with Crippen LogP contribution in [0.2, 0.25) is 0 Å². The normalized spacial score (nSPS) is 18.0. The fourth-order valence-corrected chi connectivity index (χ4v) is 3.80. The molecule has 1 aliphatic rings. The zero-order chi connectivity index (χ0) is 18.0. The lowest BCUT2D eigenvalue weighted by molar-refractivity contribution is -0.138. The Balaban J connectivity index is 1.84. The molecule has 5 heteroatoms. The first-order valence-corrected chi connectivity index (χ1v) is 9.04. The Hall–Kier alpha value is -2.30. The maximum absolute atomic E-state index is 13.0. The molecule has 1 amide bonds. The Morgan fingerprint density at radius 3 is 2.80 bits per heavy atom. The Kier molecular flexibility index (Phi) is 5.11. The van der Waals surface area contributed by atoms with Gasteiger partial charge in [-0.1, -0.05) is 19.9 Å². The number of rotatable bonds is 5. The maximum Gasteiger partial charge on any atom is 0.303 e. The number of likely N-dealkylation sites (tertiary alicyclic amines) is 1. The van der Waals surface area contributed by atoms with E-state index in [0.29, 0.717) is 19.0 Å². The van der Waals surface area contributed by atoms with E-state index in [1.165, 1.54) is 0 Å². The van der Waals surface area contributed by atoms with Crippen molar-refractivity contribution in [3.63, 3.8) is 0 Å². The molecule has 1 aromatic heterocycles. The van der Waals surface area contributed by atoms with Crippen LogP contribution in [-0.4, -0.2) is 39.5 Å². The lowest BCUT2D eigenvalue weighted by atomic mass is 9.94. The van der Waals surface area contributed by atoms with Gasteiger partial charge in [0.25, 0.3) is 5.91 Å². The van der Waals surface area contributed by atoms with Crippen molar-refractivity contribution in [1.29, 1.82) is 0 Å². The highest BCUT2D eigenvalue weighted by molar-refractivity contribution is 6.06. The molecule has 1 aromatic carbocycles. The molecule has 1 saturated heterocycles. The van der Waals surface area contributed by atoms with Crippen LogP contribution in [0.1, 0.15) is 43.5 Å². The SMILES string of the molecule is CC(C)Cn1ccc2c(C(=O)N3CCCC(CC(=O)O)C3)cccc21. The third-order valence-corrected chi connectivity index (χ3v) is 4.88. The molecule has 1 aliphatic heterocycles. The minimum absolute atomic E-state index is 0.0167. The quantitative estimate of drug-likeness (QED) is 0.902. The van der Waals surface area contributed by atoms with Gasteiger partial charge in [-0.05, 0) is 42.9 Å². The van der Waals surface area contributed by atoms with E-state index in [0.717, 1.165) is 35.9 Å². The Labute approximate surface area is 148 Å². The van der Waals surface area contributed by atoms with E-state index in [1.807, 2.05) is 29.3 Å². The number of carbonyl (C=O) groups is 2. The van der Waals surface area contributed by atoms with Crippen LogP contribution in [0.25, 0.3) is 10.9 Å². The summed E-state index contributed by atoms with van der Waals surface area (Å²) in [5.41, 5.74) is 1.80. The number of nitrogens with zero attached hydrogens (tertiary/aromatic N) is 2. The first kappa shape index (κ1) is 17.5. The van der Waals surface area contributed by atoms with Gasteiger partial charge in [0.05, 0.1) is 0 Å².